The Kier molecular flexibility index (Phi) is 8.58. The molecule has 2 aromatic carbocycles. The largest absolute Gasteiger partial charge is 0.490 e. The first kappa shape index (κ1) is 21.7. The highest BCUT2D eigenvalue weighted by atomic mass is 16.5. The van der Waals surface area contributed by atoms with Gasteiger partial charge in [-0.2, -0.15) is 4.68 Å². The van der Waals surface area contributed by atoms with Crippen molar-refractivity contribution < 1.29 is 14.6 Å². The van der Waals surface area contributed by atoms with Crippen molar-refractivity contribution in [2.75, 3.05) is 32.8 Å². The Morgan fingerprint density at radius 3 is 2.63 bits per heavy atom. The van der Waals surface area contributed by atoms with Gasteiger partial charge in [-0.25, -0.2) is 0 Å². The van der Waals surface area contributed by atoms with Crippen LogP contribution in [-0.4, -0.2) is 58.2 Å². The van der Waals surface area contributed by atoms with Gasteiger partial charge < -0.3 is 25.2 Å². The zero-order valence-electron chi connectivity index (χ0n) is 17.1. The highest BCUT2D eigenvalue weighted by Crippen LogP contribution is 2.32. The smallest absolute Gasteiger partial charge is 0.346 e. The minimum Gasteiger partial charge on any atom is -0.490 e. The van der Waals surface area contributed by atoms with Gasteiger partial charge in [-0.1, -0.05) is 29.4 Å². The molecule has 0 aliphatic heterocycles. The van der Waals surface area contributed by atoms with Gasteiger partial charge in [-0.15, -0.1) is 0 Å². The fourth-order valence-corrected chi connectivity index (χ4v) is 2.86. The monoisotopic (exact) mass is 412 g/mol. The second kappa shape index (κ2) is 11.9. The average molecular weight is 412 g/mol. The summed E-state index contributed by atoms with van der Waals surface area (Å²) in [6, 6.07) is 15.7. The van der Waals surface area contributed by atoms with Crippen LogP contribution in [0.2, 0.25) is 0 Å². The van der Waals surface area contributed by atoms with E-state index >= 15 is 0 Å². The average Bonchev–Trinajstić information content (AvgIpc) is 3.24. The maximum atomic E-state index is 8.75. The third-order valence-electron chi connectivity index (χ3n) is 4.28. The van der Waals surface area contributed by atoms with E-state index in [4.69, 9.17) is 14.6 Å². The van der Waals surface area contributed by atoms with Crippen LogP contribution in [0.25, 0.3) is 5.69 Å². The summed E-state index contributed by atoms with van der Waals surface area (Å²) in [6.45, 7) is 5.73. The zero-order chi connectivity index (χ0) is 21.0. The molecular formula is C21H28N6O3. The fraction of sp³-hybridized carbons (Fsp3) is 0.381. The Hall–Kier alpha value is -3.01. The van der Waals surface area contributed by atoms with Crippen LogP contribution in [0.5, 0.6) is 17.5 Å². The van der Waals surface area contributed by atoms with E-state index in [0.717, 1.165) is 37.3 Å². The lowest BCUT2D eigenvalue weighted by Gasteiger charge is -2.13. The molecule has 0 bridgehead atoms. The molecule has 9 nitrogen and oxygen atoms in total. The van der Waals surface area contributed by atoms with Gasteiger partial charge in [0, 0.05) is 13.1 Å². The molecule has 0 fully saturated rings. The summed E-state index contributed by atoms with van der Waals surface area (Å²) in [6.07, 6.45) is 0.988. The van der Waals surface area contributed by atoms with Crippen molar-refractivity contribution in [2.45, 2.75) is 19.9 Å². The molecule has 0 atom stereocenters. The van der Waals surface area contributed by atoms with Gasteiger partial charge in [0.1, 0.15) is 0 Å². The Balaban J connectivity index is 1.63. The number of para-hydroxylation sites is 1. The number of hydrogen-bond acceptors (Lipinski definition) is 8. The summed E-state index contributed by atoms with van der Waals surface area (Å²) in [5.41, 5.74) is 1.90. The van der Waals surface area contributed by atoms with Crippen molar-refractivity contribution >= 4 is 0 Å². The molecule has 0 unspecified atom stereocenters. The van der Waals surface area contributed by atoms with Crippen LogP contribution in [-0.2, 0) is 6.54 Å². The molecule has 1 aromatic heterocycles. The number of hydrogen-bond donors (Lipinski definition) is 3. The minimum absolute atomic E-state index is 0.166. The first-order valence-corrected chi connectivity index (χ1v) is 10.1. The van der Waals surface area contributed by atoms with Crippen molar-refractivity contribution in [3.05, 3.63) is 54.1 Å². The van der Waals surface area contributed by atoms with Crippen LogP contribution < -0.4 is 20.1 Å². The highest BCUT2D eigenvalue weighted by molar-refractivity contribution is 5.44. The molecule has 0 aliphatic rings. The maximum Gasteiger partial charge on any atom is 0.346 e. The molecule has 0 saturated carbocycles. The zero-order valence-corrected chi connectivity index (χ0v) is 17.1. The third-order valence-corrected chi connectivity index (χ3v) is 4.28. The molecule has 3 rings (SSSR count). The van der Waals surface area contributed by atoms with E-state index in [2.05, 4.69) is 26.2 Å². The predicted octanol–water partition coefficient (Wildman–Crippen LogP) is 1.91. The standard InChI is InChI=1S/C21H28N6O3/c1-2-29-20-15-17(16-23-12-6-11-22-13-14-28)9-10-19(20)30-21-24-25-26-27(21)18-7-4-3-5-8-18/h3-5,7-10,15,22-23,28H,2,6,11-14,16H2,1H3. The number of aromatic nitrogens is 4. The van der Waals surface area contributed by atoms with Crippen LogP contribution in [0.4, 0.5) is 0 Å². The Morgan fingerprint density at radius 2 is 1.83 bits per heavy atom. The van der Waals surface area contributed by atoms with E-state index in [1.807, 2.05) is 55.5 Å². The van der Waals surface area contributed by atoms with Crippen molar-refractivity contribution in [3.8, 4) is 23.2 Å². The summed E-state index contributed by atoms with van der Waals surface area (Å²) in [5, 5.41) is 27.1. The molecule has 0 amide bonds. The normalized spacial score (nSPS) is 10.9. The molecule has 0 radical (unpaired) electrons. The molecule has 9 heteroatoms. The van der Waals surface area contributed by atoms with Gasteiger partial charge in [-0.3, -0.25) is 0 Å². The third kappa shape index (κ3) is 6.24. The van der Waals surface area contributed by atoms with Gasteiger partial charge in [0.15, 0.2) is 11.5 Å². The molecule has 3 aromatic rings. The van der Waals surface area contributed by atoms with Gasteiger partial charge >= 0.3 is 6.01 Å². The lowest BCUT2D eigenvalue weighted by Crippen LogP contribution is -2.23. The first-order chi connectivity index (χ1) is 14.8. The van der Waals surface area contributed by atoms with E-state index in [1.54, 1.807) is 0 Å². The topological polar surface area (TPSA) is 106 Å². The van der Waals surface area contributed by atoms with E-state index in [1.165, 1.54) is 4.68 Å². The lowest BCUT2D eigenvalue weighted by molar-refractivity contribution is 0.292. The molecule has 30 heavy (non-hydrogen) atoms. The number of ether oxygens (including phenoxy) is 2. The maximum absolute atomic E-state index is 8.75. The van der Waals surface area contributed by atoms with E-state index < -0.39 is 0 Å². The summed E-state index contributed by atoms with van der Waals surface area (Å²) in [5.74, 6) is 1.20. The van der Waals surface area contributed by atoms with Crippen LogP contribution in [0.15, 0.2) is 48.5 Å². The van der Waals surface area contributed by atoms with Gasteiger partial charge in [-0.05, 0) is 66.7 Å². The molecule has 1 heterocycles. The van der Waals surface area contributed by atoms with Crippen molar-refractivity contribution in [2.24, 2.45) is 0 Å². The molecule has 0 spiro atoms. The number of tetrazole rings is 1. The molecule has 160 valence electrons. The summed E-state index contributed by atoms with van der Waals surface area (Å²) in [4.78, 5) is 0. The molecule has 0 saturated heterocycles. The number of rotatable bonds is 13. The van der Waals surface area contributed by atoms with Crippen molar-refractivity contribution in [3.63, 3.8) is 0 Å². The van der Waals surface area contributed by atoms with Crippen LogP contribution in [0, 0.1) is 0 Å². The number of nitrogens with zero attached hydrogens (tertiary/aromatic N) is 4. The second-order valence-corrected chi connectivity index (χ2v) is 6.53. The SMILES string of the molecule is CCOc1cc(CNCCCNCCO)ccc1Oc1nnnn1-c1ccccc1. The Bertz CT molecular complexity index is 887. The molecule has 3 N–H and O–H groups in total. The van der Waals surface area contributed by atoms with Gasteiger partial charge in [0.05, 0.1) is 18.9 Å². The van der Waals surface area contributed by atoms with Crippen molar-refractivity contribution in [1.82, 2.24) is 30.8 Å². The quantitative estimate of drug-likeness (QED) is 0.366. The van der Waals surface area contributed by atoms with Crippen LogP contribution in [0.1, 0.15) is 18.9 Å². The van der Waals surface area contributed by atoms with Crippen LogP contribution in [0.3, 0.4) is 0 Å². The summed E-state index contributed by atoms with van der Waals surface area (Å²) >= 11 is 0. The fourth-order valence-electron chi connectivity index (χ4n) is 2.86. The second-order valence-electron chi connectivity index (χ2n) is 6.53. The van der Waals surface area contributed by atoms with E-state index in [9.17, 15) is 0 Å². The van der Waals surface area contributed by atoms with E-state index in [-0.39, 0.29) is 12.6 Å². The van der Waals surface area contributed by atoms with Crippen LogP contribution >= 0.6 is 0 Å². The summed E-state index contributed by atoms with van der Waals surface area (Å²) < 4.78 is 13.3. The minimum atomic E-state index is 0.166. The number of aliphatic hydroxyl groups excluding tert-OH is 1. The van der Waals surface area contributed by atoms with E-state index in [0.29, 0.717) is 24.7 Å². The van der Waals surface area contributed by atoms with Gasteiger partial charge in [0.25, 0.3) is 0 Å². The summed E-state index contributed by atoms with van der Waals surface area (Å²) in [7, 11) is 0. The first-order valence-electron chi connectivity index (χ1n) is 10.1. The van der Waals surface area contributed by atoms with Crippen molar-refractivity contribution in [1.29, 1.82) is 0 Å². The molecular weight excluding hydrogens is 384 g/mol. The lowest BCUT2D eigenvalue weighted by atomic mass is 10.2. The highest BCUT2D eigenvalue weighted by Gasteiger charge is 2.14. The Labute approximate surface area is 176 Å². The van der Waals surface area contributed by atoms with Gasteiger partial charge in [0.2, 0.25) is 0 Å². The number of benzene rings is 2. The number of nitrogens with one attached hydrogen (secondary N) is 2. The Morgan fingerprint density at radius 1 is 1.00 bits per heavy atom. The number of aliphatic hydroxyl groups is 1. The molecule has 0 aliphatic carbocycles. The predicted molar refractivity (Wildman–Crippen MR) is 113 cm³/mol.